The standard InChI is InChI=1S/C12H15N3OS/c1-9-14-12(16-15-9)8-13-7-10-3-5-11(17-2)6-4-10/h3-6,13H,7-8H2,1-2H3. The molecule has 0 aliphatic carbocycles. The molecule has 0 radical (unpaired) electrons. The van der Waals surface area contributed by atoms with Crippen molar-refractivity contribution in [3.8, 4) is 0 Å². The Labute approximate surface area is 105 Å². The number of aromatic nitrogens is 2. The zero-order chi connectivity index (χ0) is 12.1. The molecule has 4 nitrogen and oxygen atoms in total. The number of hydrogen-bond donors (Lipinski definition) is 1. The summed E-state index contributed by atoms with van der Waals surface area (Å²) >= 11 is 1.75. The minimum atomic E-state index is 0.602. The molecule has 0 atom stereocenters. The molecule has 1 aromatic heterocycles. The number of nitrogens with zero attached hydrogens (tertiary/aromatic N) is 2. The van der Waals surface area contributed by atoms with Gasteiger partial charge in [-0.3, -0.25) is 0 Å². The van der Waals surface area contributed by atoms with Crippen LogP contribution in [0.4, 0.5) is 0 Å². The molecule has 2 aromatic rings. The lowest BCUT2D eigenvalue weighted by Gasteiger charge is -2.03. The Morgan fingerprint density at radius 2 is 2.00 bits per heavy atom. The van der Waals surface area contributed by atoms with E-state index in [0.29, 0.717) is 18.3 Å². The first-order valence-electron chi connectivity index (χ1n) is 5.41. The van der Waals surface area contributed by atoms with Crippen LogP contribution in [0.2, 0.25) is 0 Å². The minimum absolute atomic E-state index is 0.602. The largest absolute Gasteiger partial charge is 0.338 e. The number of nitrogens with one attached hydrogen (secondary N) is 1. The maximum absolute atomic E-state index is 5.01. The molecule has 0 amide bonds. The van der Waals surface area contributed by atoms with Crippen molar-refractivity contribution in [3.05, 3.63) is 41.5 Å². The monoisotopic (exact) mass is 249 g/mol. The molecule has 1 aromatic carbocycles. The van der Waals surface area contributed by atoms with E-state index in [1.165, 1.54) is 10.5 Å². The third kappa shape index (κ3) is 3.57. The third-order valence-electron chi connectivity index (χ3n) is 2.33. The van der Waals surface area contributed by atoms with Gasteiger partial charge in [-0.05, 0) is 30.9 Å². The molecule has 0 aliphatic rings. The van der Waals surface area contributed by atoms with Crippen LogP contribution < -0.4 is 5.32 Å². The predicted molar refractivity (Wildman–Crippen MR) is 67.8 cm³/mol. The summed E-state index contributed by atoms with van der Waals surface area (Å²) in [5.74, 6) is 1.30. The molecule has 17 heavy (non-hydrogen) atoms. The minimum Gasteiger partial charge on any atom is -0.338 e. The Bertz CT molecular complexity index is 467. The van der Waals surface area contributed by atoms with Crippen LogP contribution in [0.5, 0.6) is 0 Å². The second-order valence-electron chi connectivity index (χ2n) is 3.69. The number of thioether (sulfide) groups is 1. The van der Waals surface area contributed by atoms with Gasteiger partial charge in [0, 0.05) is 11.4 Å². The molecular formula is C12H15N3OS. The van der Waals surface area contributed by atoms with E-state index >= 15 is 0 Å². The van der Waals surface area contributed by atoms with Crippen molar-refractivity contribution in [1.82, 2.24) is 15.5 Å². The van der Waals surface area contributed by atoms with E-state index in [2.05, 4.69) is 46.0 Å². The van der Waals surface area contributed by atoms with Gasteiger partial charge in [-0.25, -0.2) is 0 Å². The van der Waals surface area contributed by atoms with Crippen LogP contribution in [0.1, 0.15) is 17.3 Å². The van der Waals surface area contributed by atoms with Gasteiger partial charge >= 0.3 is 0 Å². The van der Waals surface area contributed by atoms with E-state index in [1.807, 2.05) is 6.92 Å². The van der Waals surface area contributed by atoms with Crippen molar-refractivity contribution in [2.45, 2.75) is 24.9 Å². The van der Waals surface area contributed by atoms with Crippen molar-refractivity contribution in [2.24, 2.45) is 0 Å². The van der Waals surface area contributed by atoms with Crippen LogP contribution in [0, 0.1) is 6.92 Å². The topological polar surface area (TPSA) is 51.0 Å². The summed E-state index contributed by atoms with van der Waals surface area (Å²) in [6.45, 7) is 3.22. The van der Waals surface area contributed by atoms with E-state index in [-0.39, 0.29) is 0 Å². The molecule has 0 saturated heterocycles. The summed E-state index contributed by atoms with van der Waals surface area (Å²) in [6.07, 6.45) is 2.07. The molecule has 1 N–H and O–H groups in total. The highest BCUT2D eigenvalue weighted by atomic mass is 32.2. The number of aryl methyl sites for hydroxylation is 1. The van der Waals surface area contributed by atoms with Gasteiger partial charge in [0.05, 0.1) is 6.54 Å². The molecular weight excluding hydrogens is 234 g/mol. The summed E-state index contributed by atoms with van der Waals surface area (Å²) in [5, 5.41) is 7.00. The van der Waals surface area contributed by atoms with Crippen molar-refractivity contribution in [1.29, 1.82) is 0 Å². The van der Waals surface area contributed by atoms with Gasteiger partial charge in [-0.2, -0.15) is 4.98 Å². The van der Waals surface area contributed by atoms with Crippen LogP contribution in [-0.2, 0) is 13.1 Å². The predicted octanol–water partition coefficient (Wildman–Crippen LogP) is 2.39. The van der Waals surface area contributed by atoms with Crippen molar-refractivity contribution >= 4 is 11.8 Å². The quantitative estimate of drug-likeness (QED) is 0.825. The van der Waals surface area contributed by atoms with Crippen molar-refractivity contribution in [3.63, 3.8) is 0 Å². The lowest BCUT2D eigenvalue weighted by atomic mass is 10.2. The Morgan fingerprint density at radius 1 is 1.24 bits per heavy atom. The van der Waals surface area contributed by atoms with Crippen molar-refractivity contribution in [2.75, 3.05) is 6.26 Å². The summed E-state index contributed by atoms with van der Waals surface area (Å²) in [4.78, 5) is 5.40. The lowest BCUT2D eigenvalue weighted by molar-refractivity contribution is 0.364. The highest BCUT2D eigenvalue weighted by Gasteiger charge is 2.01. The van der Waals surface area contributed by atoms with E-state index < -0.39 is 0 Å². The fourth-order valence-corrected chi connectivity index (χ4v) is 1.88. The SMILES string of the molecule is CSc1ccc(CNCc2nc(C)no2)cc1. The van der Waals surface area contributed by atoms with Gasteiger partial charge in [0.2, 0.25) is 5.89 Å². The van der Waals surface area contributed by atoms with Gasteiger partial charge in [0.25, 0.3) is 0 Å². The van der Waals surface area contributed by atoms with Crippen LogP contribution >= 0.6 is 11.8 Å². The Hall–Kier alpha value is -1.33. The smallest absolute Gasteiger partial charge is 0.240 e. The molecule has 2 rings (SSSR count). The second kappa shape index (κ2) is 5.84. The Morgan fingerprint density at radius 3 is 2.59 bits per heavy atom. The van der Waals surface area contributed by atoms with Gasteiger partial charge in [0.1, 0.15) is 0 Å². The molecule has 5 heteroatoms. The number of rotatable bonds is 5. The molecule has 90 valence electrons. The van der Waals surface area contributed by atoms with Gasteiger partial charge in [-0.15, -0.1) is 11.8 Å². The van der Waals surface area contributed by atoms with Gasteiger partial charge < -0.3 is 9.84 Å². The van der Waals surface area contributed by atoms with Gasteiger partial charge in [-0.1, -0.05) is 17.3 Å². The van der Waals surface area contributed by atoms with Crippen molar-refractivity contribution < 1.29 is 4.52 Å². The second-order valence-corrected chi connectivity index (χ2v) is 4.57. The van der Waals surface area contributed by atoms with Crippen LogP contribution in [0.15, 0.2) is 33.7 Å². The van der Waals surface area contributed by atoms with Crippen LogP contribution in [-0.4, -0.2) is 16.4 Å². The summed E-state index contributed by atoms with van der Waals surface area (Å²) in [7, 11) is 0. The fourth-order valence-electron chi connectivity index (χ4n) is 1.47. The maximum atomic E-state index is 5.01. The molecule has 0 unspecified atom stereocenters. The highest BCUT2D eigenvalue weighted by molar-refractivity contribution is 7.98. The first-order chi connectivity index (χ1) is 8.28. The lowest BCUT2D eigenvalue weighted by Crippen LogP contribution is -2.12. The van der Waals surface area contributed by atoms with E-state index in [9.17, 15) is 0 Å². The van der Waals surface area contributed by atoms with E-state index in [0.717, 1.165) is 6.54 Å². The fraction of sp³-hybridized carbons (Fsp3) is 0.333. The first kappa shape index (κ1) is 12.1. The molecule has 0 fully saturated rings. The number of hydrogen-bond acceptors (Lipinski definition) is 5. The average Bonchev–Trinajstić information content (AvgIpc) is 2.76. The summed E-state index contributed by atoms with van der Waals surface area (Å²) in [6, 6.07) is 8.49. The first-order valence-corrected chi connectivity index (χ1v) is 6.63. The van der Waals surface area contributed by atoms with Crippen LogP contribution in [0.25, 0.3) is 0 Å². The normalized spacial score (nSPS) is 10.7. The van der Waals surface area contributed by atoms with E-state index in [1.54, 1.807) is 11.8 Å². The van der Waals surface area contributed by atoms with E-state index in [4.69, 9.17) is 4.52 Å². The number of benzene rings is 1. The summed E-state index contributed by atoms with van der Waals surface area (Å²) in [5.41, 5.74) is 1.25. The van der Waals surface area contributed by atoms with Gasteiger partial charge in [0.15, 0.2) is 5.82 Å². The van der Waals surface area contributed by atoms with Crippen LogP contribution in [0.3, 0.4) is 0 Å². The molecule has 0 aliphatic heterocycles. The molecule has 1 heterocycles. The molecule has 0 saturated carbocycles. The zero-order valence-electron chi connectivity index (χ0n) is 9.93. The molecule has 0 spiro atoms. The average molecular weight is 249 g/mol. The summed E-state index contributed by atoms with van der Waals surface area (Å²) < 4.78 is 5.01. The zero-order valence-corrected chi connectivity index (χ0v) is 10.8. The Balaban J connectivity index is 1.81. The maximum Gasteiger partial charge on any atom is 0.240 e. The highest BCUT2D eigenvalue weighted by Crippen LogP contribution is 2.14. The Kier molecular flexibility index (Phi) is 4.17. The molecule has 0 bridgehead atoms. The third-order valence-corrected chi connectivity index (χ3v) is 3.08.